The number of rotatable bonds is 8. The summed E-state index contributed by atoms with van der Waals surface area (Å²) in [4.78, 5) is 11.6. The van der Waals surface area contributed by atoms with E-state index >= 15 is 0 Å². The fourth-order valence-corrected chi connectivity index (χ4v) is 3.96. The average Bonchev–Trinajstić information content (AvgIpc) is 2.60. The van der Waals surface area contributed by atoms with Crippen LogP contribution in [0.2, 0.25) is 0 Å². The maximum atomic E-state index is 13.1. The predicted molar refractivity (Wildman–Crippen MR) is 100 cm³/mol. The Morgan fingerprint density at radius 3 is 2.50 bits per heavy atom. The van der Waals surface area contributed by atoms with Crippen LogP contribution in [0.5, 0.6) is 5.75 Å². The highest BCUT2D eigenvalue weighted by Gasteiger charge is 2.33. The molecule has 1 N–H and O–H groups in total. The quantitative estimate of drug-likeness (QED) is 0.716. The van der Waals surface area contributed by atoms with Crippen LogP contribution in [0.3, 0.4) is 0 Å². The minimum Gasteiger partial charge on any atom is -0.489 e. The second kappa shape index (κ2) is 8.05. The molecule has 0 aliphatic carbocycles. The lowest BCUT2D eigenvalue weighted by atomic mass is 10.2. The molecule has 1 unspecified atom stereocenters. The first-order chi connectivity index (χ1) is 12.3. The standard InChI is InChI=1S/C19H21NO5S/c1-4-12-25-17-7-5-6-16(13-17)20(15(3)19(21)22)26(23,24)18-10-8-14(2)9-11-18/h4-11,13,15H,1,12H2,2-3H3,(H,21,22). The number of benzene rings is 2. The van der Waals surface area contributed by atoms with E-state index in [0.717, 1.165) is 9.87 Å². The van der Waals surface area contributed by atoms with Gasteiger partial charge in [-0.2, -0.15) is 0 Å². The molecule has 0 bridgehead atoms. The van der Waals surface area contributed by atoms with E-state index < -0.39 is 22.0 Å². The Balaban J connectivity index is 2.55. The van der Waals surface area contributed by atoms with Gasteiger partial charge in [-0.1, -0.05) is 36.4 Å². The maximum absolute atomic E-state index is 13.1. The first-order valence-corrected chi connectivity index (χ1v) is 9.39. The molecular formula is C19H21NO5S. The molecule has 0 fully saturated rings. The Morgan fingerprint density at radius 1 is 1.27 bits per heavy atom. The third-order valence-electron chi connectivity index (χ3n) is 3.73. The fourth-order valence-electron chi connectivity index (χ4n) is 2.36. The third kappa shape index (κ3) is 4.23. The normalized spacial score (nSPS) is 12.2. The average molecular weight is 375 g/mol. The van der Waals surface area contributed by atoms with Crippen molar-refractivity contribution in [1.82, 2.24) is 0 Å². The first-order valence-electron chi connectivity index (χ1n) is 7.95. The lowest BCUT2D eigenvalue weighted by Crippen LogP contribution is -2.43. The van der Waals surface area contributed by atoms with Gasteiger partial charge in [-0.05, 0) is 38.1 Å². The SMILES string of the molecule is C=CCOc1cccc(N(C(C)C(=O)O)S(=O)(=O)c2ccc(C)cc2)c1. The summed E-state index contributed by atoms with van der Waals surface area (Å²) in [7, 11) is -4.08. The van der Waals surface area contributed by atoms with E-state index in [1.165, 1.54) is 31.2 Å². The summed E-state index contributed by atoms with van der Waals surface area (Å²) in [6, 6.07) is 11.3. The van der Waals surface area contributed by atoms with E-state index in [-0.39, 0.29) is 17.2 Å². The van der Waals surface area contributed by atoms with E-state index in [9.17, 15) is 18.3 Å². The van der Waals surface area contributed by atoms with Gasteiger partial charge in [-0.3, -0.25) is 4.31 Å². The number of anilines is 1. The van der Waals surface area contributed by atoms with Gasteiger partial charge in [0.05, 0.1) is 10.6 Å². The maximum Gasteiger partial charge on any atom is 0.327 e. The molecule has 2 rings (SSSR count). The van der Waals surface area contributed by atoms with Gasteiger partial charge in [0, 0.05) is 6.07 Å². The number of hydrogen-bond donors (Lipinski definition) is 1. The summed E-state index contributed by atoms with van der Waals surface area (Å²) in [5.74, 6) is -0.831. The van der Waals surface area contributed by atoms with Crippen molar-refractivity contribution in [2.24, 2.45) is 0 Å². The van der Waals surface area contributed by atoms with Crippen LogP contribution in [-0.2, 0) is 14.8 Å². The summed E-state index contributed by atoms with van der Waals surface area (Å²) in [6.07, 6.45) is 1.56. The zero-order valence-electron chi connectivity index (χ0n) is 14.6. The van der Waals surface area contributed by atoms with Gasteiger partial charge in [0.1, 0.15) is 18.4 Å². The molecule has 0 aliphatic rings. The van der Waals surface area contributed by atoms with Gasteiger partial charge >= 0.3 is 5.97 Å². The van der Waals surface area contributed by atoms with Crippen molar-refractivity contribution in [1.29, 1.82) is 0 Å². The summed E-state index contributed by atoms with van der Waals surface area (Å²) < 4.78 is 32.6. The Labute approximate surface area is 153 Å². The molecular weight excluding hydrogens is 354 g/mol. The predicted octanol–water partition coefficient (Wildman–Crippen LogP) is 3.23. The summed E-state index contributed by atoms with van der Waals surface area (Å²) in [5.41, 5.74) is 1.11. The van der Waals surface area contributed by atoms with Gasteiger partial charge in [0.15, 0.2) is 0 Å². The Kier molecular flexibility index (Phi) is 6.05. The molecule has 6 nitrogen and oxygen atoms in total. The van der Waals surface area contributed by atoms with Crippen LogP contribution >= 0.6 is 0 Å². The van der Waals surface area contributed by atoms with E-state index in [1.54, 1.807) is 30.3 Å². The van der Waals surface area contributed by atoms with Crippen LogP contribution in [0.4, 0.5) is 5.69 Å². The largest absolute Gasteiger partial charge is 0.489 e. The number of nitrogens with zero attached hydrogens (tertiary/aromatic N) is 1. The van der Waals surface area contributed by atoms with Crippen molar-refractivity contribution in [2.45, 2.75) is 24.8 Å². The van der Waals surface area contributed by atoms with Gasteiger partial charge in [-0.15, -0.1) is 0 Å². The van der Waals surface area contributed by atoms with Crippen LogP contribution in [0, 0.1) is 6.92 Å². The molecule has 26 heavy (non-hydrogen) atoms. The van der Waals surface area contributed by atoms with Crippen molar-refractivity contribution < 1.29 is 23.1 Å². The van der Waals surface area contributed by atoms with Gasteiger partial charge < -0.3 is 9.84 Å². The van der Waals surface area contributed by atoms with E-state index in [1.807, 2.05) is 6.92 Å². The Morgan fingerprint density at radius 2 is 1.92 bits per heavy atom. The van der Waals surface area contributed by atoms with Gasteiger partial charge in [0.2, 0.25) is 0 Å². The second-order valence-electron chi connectivity index (χ2n) is 5.73. The molecule has 0 amide bonds. The van der Waals surface area contributed by atoms with Crippen molar-refractivity contribution in [3.8, 4) is 5.75 Å². The molecule has 138 valence electrons. The monoisotopic (exact) mass is 375 g/mol. The number of aryl methyl sites for hydroxylation is 1. The van der Waals surface area contributed by atoms with Gasteiger partial charge in [-0.25, -0.2) is 13.2 Å². The molecule has 0 saturated heterocycles. The molecule has 2 aromatic carbocycles. The van der Waals surface area contributed by atoms with Crippen molar-refractivity contribution in [2.75, 3.05) is 10.9 Å². The van der Waals surface area contributed by atoms with E-state index in [0.29, 0.717) is 5.75 Å². The highest BCUT2D eigenvalue weighted by molar-refractivity contribution is 7.92. The van der Waals surface area contributed by atoms with Crippen molar-refractivity contribution >= 4 is 21.7 Å². The highest BCUT2D eigenvalue weighted by Crippen LogP contribution is 2.29. The number of carboxylic acids is 1. The smallest absolute Gasteiger partial charge is 0.327 e. The third-order valence-corrected chi connectivity index (χ3v) is 5.64. The topological polar surface area (TPSA) is 83.9 Å². The molecule has 0 aliphatic heterocycles. The first kappa shape index (κ1) is 19.5. The highest BCUT2D eigenvalue weighted by atomic mass is 32.2. The second-order valence-corrected chi connectivity index (χ2v) is 7.54. The number of carboxylic acid groups (broad SMARTS) is 1. The lowest BCUT2D eigenvalue weighted by molar-refractivity contribution is -0.137. The number of ether oxygens (including phenoxy) is 1. The number of hydrogen-bond acceptors (Lipinski definition) is 4. The molecule has 0 aromatic heterocycles. The minimum absolute atomic E-state index is 0.0219. The summed E-state index contributed by atoms with van der Waals surface area (Å²) in [6.45, 7) is 6.98. The molecule has 0 saturated carbocycles. The van der Waals surface area contributed by atoms with Crippen LogP contribution < -0.4 is 9.04 Å². The van der Waals surface area contributed by atoms with Crippen LogP contribution in [0.15, 0.2) is 66.1 Å². The molecule has 0 spiro atoms. The van der Waals surface area contributed by atoms with Crippen LogP contribution in [-0.4, -0.2) is 32.1 Å². The number of sulfonamides is 1. The van der Waals surface area contributed by atoms with Crippen molar-refractivity contribution in [3.63, 3.8) is 0 Å². The van der Waals surface area contributed by atoms with E-state index in [4.69, 9.17) is 4.74 Å². The van der Waals surface area contributed by atoms with Crippen LogP contribution in [0.1, 0.15) is 12.5 Å². The Bertz CT molecular complexity index is 890. The molecule has 0 radical (unpaired) electrons. The van der Waals surface area contributed by atoms with Gasteiger partial charge in [0.25, 0.3) is 10.0 Å². The fraction of sp³-hybridized carbons (Fsp3) is 0.211. The Hall–Kier alpha value is -2.80. The number of carbonyl (C=O) groups is 1. The molecule has 7 heteroatoms. The zero-order valence-corrected chi connectivity index (χ0v) is 15.4. The number of aliphatic carboxylic acids is 1. The van der Waals surface area contributed by atoms with Crippen molar-refractivity contribution in [3.05, 3.63) is 66.7 Å². The minimum atomic E-state index is -4.08. The van der Waals surface area contributed by atoms with E-state index in [2.05, 4.69) is 6.58 Å². The summed E-state index contributed by atoms with van der Waals surface area (Å²) >= 11 is 0. The zero-order chi connectivity index (χ0) is 19.3. The molecule has 1 atom stereocenters. The lowest BCUT2D eigenvalue weighted by Gasteiger charge is -2.28. The van der Waals surface area contributed by atoms with Crippen LogP contribution in [0.25, 0.3) is 0 Å². The summed E-state index contributed by atoms with van der Waals surface area (Å²) in [5, 5.41) is 9.43. The molecule has 0 heterocycles. The molecule has 2 aromatic rings.